The number of anilines is 2. The Bertz CT molecular complexity index is 1010. The van der Waals surface area contributed by atoms with E-state index in [9.17, 15) is 9.59 Å². The van der Waals surface area contributed by atoms with E-state index in [1.54, 1.807) is 4.90 Å². The molecule has 1 N–H and O–H groups in total. The summed E-state index contributed by atoms with van der Waals surface area (Å²) in [5.41, 5.74) is 3.30. The molecule has 4 rings (SSSR count). The Labute approximate surface area is 168 Å². The molecule has 0 spiro atoms. The summed E-state index contributed by atoms with van der Waals surface area (Å²) in [7, 11) is 0. The van der Waals surface area contributed by atoms with Crippen LogP contribution < -0.4 is 10.2 Å². The first-order chi connectivity index (χ1) is 13.6. The number of para-hydroxylation sites is 2. The Hall–Kier alpha value is -2.99. The van der Waals surface area contributed by atoms with Gasteiger partial charge in [-0.15, -0.1) is 11.3 Å². The van der Waals surface area contributed by atoms with Crippen LogP contribution in [0, 0.1) is 6.92 Å². The van der Waals surface area contributed by atoms with Gasteiger partial charge in [0.15, 0.2) is 0 Å². The first-order valence-corrected chi connectivity index (χ1v) is 10.1. The van der Waals surface area contributed by atoms with Crippen LogP contribution in [0.3, 0.4) is 0 Å². The molecule has 142 valence electrons. The second-order valence-electron chi connectivity index (χ2n) is 6.80. The molecule has 0 unspecified atom stereocenters. The molecule has 1 aliphatic rings. The van der Waals surface area contributed by atoms with Crippen molar-refractivity contribution in [2.75, 3.05) is 16.8 Å². The van der Waals surface area contributed by atoms with Crippen molar-refractivity contribution in [1.82, 2.24) is 4.98 Å². The van der Waals surface area contributed by atoms with E-state index in [-0.39, 0.29) is 11.8 Å². The second kappa shape index (κ2) is 7.94. The van der Waals surface area contributed by atoms with Gasteiger partial charge in [0, 0.05) is 19.4 Å². The highest BCUT2D eigenvalue weighted by atomic mass is 32.1. The molecule has 5 nitrogen and oxygen atoms in total. The third-order valence-corrected chi connectivity index (χ3v) is 5.92. The Morgan fingerprint density at radius 1 is 1.14 bits per heavy atom. The molecule has 2 heterocycles. The predicted octanol–water partition coefficient (Wildman–Crippen LogP) is 4.42. The summed E-state index contributed by atoms with van der Waals surface area (Å²) in [5.74, 6) is -0.0887. The van der Waals surface area contributed by atoms with Gasteiger partial charge in [0.1, 0.15) is 4.88 Å². The standard InChI is InChI=1S/C22H21N3O2S/c1-15-21(28-19(23-15)14-16-8-3-2-4-9-16)22(27)24-17-10-5-6-11-18(17)25-13-7-12-20(25)26/h2-6,8-11H,7,12-14H2,1H3,(H,24,27). The van der Waals surface area contributed by atoms with Crippen LogP contribution in [-0.4, -0.2) is 23.3 Å². The van der Waals surface area contributed by atoms with E-state index in [0.29, 0.717) is 30.0 Å². The molecule has 28 heavy (non-hydrogen) atoms. The van der Waals surface area contributed by atoms with Gasteiger partial charge < -0.3 is 10.2 Å². The number of thiazole rings is 1. The summed E-state index contributed by atoms with van der Waals surface area (Å²) in [6.07, 6.45) is 2.11. The smallest absolute Gasteiger partial charge is 0.267 e. The highest BCUT2D eigenvalue weighted by molar-refractivity contribution is 7.14. The zero-order valence-corrected chi connectivity index (χ0v) is 16.5. The Morgan fingerprint density at radius 2 is 1.89 bits per heavy atom. The first-order valence-electron chi connectivity index (χ1n) is 9.33. The SMILES string of the molecule is Cc1nc(Cc2ccccc2)sc1C(=O)Nc1ccccc1N1CCCC1=O. The van der Waals surface area contributed by atoms with Crippen molar-refractivity contribution in [3.8, 4) is 0 Å². The Kier molecular flexibility index (Phi) is 5.21. The summed E-state index contributed by atoms with van der Waals surface area (Å²) in [5, 5.41) is 3.89. The number of hydrogen-bond donors (Lipinski definition) is 1. The van der Waals surface area contributed by atoms with Gasteiger partial charge in [-0.3, -0.25) is 9.59 Å². The Morgan fingerprint density at radius 3 is 2.64 bits per heavy atom. The molecule has 1 aliphatic heterocycles. The molecule has 0 bridgehead atoms. The largest absolute Gasteiger partial charge is 0.319 e. The van der Waals surface area contributed by atoms with Crippen molar-refractivity contribution < 1.29 is 9.59 Å². The van der Waals surface area contributed by atoms with E-state index in [0.717, 1.165) is 22.8 Å². The highest BCUT2D eigenvalue weighted by Gasteiger charge is 2.25. The number of rotatable bonds is 5. The maximum atomic E-state index is 12.9. The molecule has 0 aliphatic carbocycles. The predicted molar refractivity (Wildman–Crippen MR) is 112 cm³/mol. The zero-order chi connectivity index (χ0) is 19.5. The molecule has 6 heteroatoms. The van der Waals surface area contributed by atoms with Crippen molar-refractivity contribution in [2.45, 2.75) is 26.2 Å². The Balaban J connectivity index is 1.54. The molecular weight excluding hydrogens is 370 g/mol. The molecule has 3 aromatic rings. The van der Waals surface area contributed by atoms with Crippen molar-refractivity contribution in [2.24, 2.45) is 0 Å². The van der Waals surface area contributed by atoms with Crippen molar-refractivity contribution in [3.05, 3.63) is 75.7 Å². The maximum absolute atomic E-state index is 12.9. The molecule has 2 amide bonds. The maximum Gasteiger partial charge on any atom is 0.267 e. The summed E-state index contributed by atoms with van der Waals surface area (Å²) >= 11 is 1.42. The average molecular weight is 391 g/mol. The number of carbonyl (C=O) groups excluding carboxylic acids is 2. The summed E-state index contributed by atoms with van der Waals surface area (Å²) in [6.45, 7) is 2.54. The number of nitrogens with zero attached hydrogens (tertiary/aromatic N) is 2. The molecule has 0 radical (unpaired) electrons. The lowest BCUT2D eigenvalue weighted by Gasteiger charge is -2.19. The fourth-order valence-corrected chi connectivity index (χ4v) is 4.40. The third kappa shape index (κ3) is 3.82. The van der Waals surface area contributed by atoms with E-state index in [1.807, 2.05) is 49.4 Å². The third-order valence-electron chi connectivity index (χ3n) is 4.76. The van der Waals surface area contributed by atoms with E-state index >= 15 is 0 Å². The lowest BCUT2D eigenvalue weighted by Crippen LogP contribution is -2.25. The normalized spacial score (nSPS) is 13.8. The van der Waals surface area contributed by atoms with Crippen LogP contribution in [0.5, 0.6) is 0 Å². The van der Waals surface area contributed by atoms with E-state index in [2.05, 4.69) is 22.4 Å². The van der Waals surface area contributed by atoms with Gasteiger partial charge in [-0.05, 0) is 31.0 Å². The van der Waals surface area contributed by atoms with Gasteiger partial charge in [0.2, 0.25) is 5.91 Å². The number of hydrogen-bond acceptors (Lipinski definition) is 4. The fraction of sp³-hybridized carbons (Fsp3) is 0.227. The topological polar surface area (TPSA) is 62.3 Å². The quantitative estimate of drug-likeness (QED) is 0.700. The minimum atomic E-state index is -0.187. The van der Waals surface area contributed by atoms with Gasteiger partial charge in [0.25, 0.3) is 5.91 Å². The molecule has 1 saturated heterocycles. The first kappa shape index (κ1) is 18.4. The van der Waals surface area contributed by atoms with Crippen LogP contribution in [0.15, 0.2) is 54.6 Å². The van der Waals surface area contributed by atoms with E-state index < -0.39 is 0 Å². The van der Waals surface area contributed by atoms with E-state index in [4.69, 9.17) is 0 Å². The van der Waals surface area contributed by atoms with Crippen LogP contribution in [-0.2, 0) is 11.2 Å². The molecular formula is C22H21N3O2S. The fourth-order valence-electron chi connectivity index (χ4n) is 3.41. The number of aromatic nitrogens is 1. The molecule has 1 fully saturated rings. The summed E-state index contributed by atoms with van der Waals surface area (Å²) in [6, 6.07) is 17.5. The van der Waals surface area contributed by atoms with Gasteiger partial charge in [0.05, 0.1) is 22.1 Å². The van der Waals surface area contributed by atoms with Crippen molar-refractivity contribution in [1.29, 1.82) is 0 Å². The van der Waals surface area contributed by atoms with Crippen molar-refractivity contribution >= 4 is 34.5 Å². The molecule has 2 aromatic carbocycles. The van der Waals surface area contributed by atoms with Crippen LogP contribution >= 0.6 is 11.3 Å². The van der Waals surface area contributed by atoms with Gasteiger partial charge in [-0.1, -0.05) is 42.5 Å². The average Bonchev–Trinajstić information content (AvgIpc) is 3.28. The number of nitrogens with one attached hydrogen (secondary N) is 1. The zero-order valence-electron chi connectivity index (χ0n) is 15.6. The second-order valence-corrected chi connectivity index (χ2v) is 7.89. The molecule has 1 aromatic heterocycles. The lowest BCUT2D eigenvalue weighted by atomic mass is 10.2. The number of aryl methyl sites for hydroxylation is 1. The number of benzene rings is 2. The number of amides is 2. The monoisotopic (exact) mass is 391 g/mol. The van der Waals surface area contributed by atoms with Crippen molar-refractivity contribution in [3.63, 3.8) is 0 Å². The molecule has 0 atom stereocenters. The van der Waals surface area contributed by atoms with Gasteiger partial charge in [-0.2, -0.15) is 0 Å². The summed E-state index contributed by atoms with van der Waals surface area (Å²) in [4.78, 5) is 31.9. The minimum Gasteiger partial charge on any atom is -0.319 e. The van der Waals surface area contributed by atoms with Crippen LogP contribution in [0.4, 0.5) is 11.4 Å². The lowest BCUT2D eigenvalue weighted by molar-refractivity contribution is -0.117. The number of carbonyl (C=O) groups is 2. The van der Waals surface area contributed by atoms with E-state index in [1.165, 1.54) is 16.9 Å². The van der Waals surface area contributed by atoms with Crippen LogP contribution in [0.25, 0.3) is 0 Å². The highest BCUT2D eigenvalue weighted by Crippen LogP contribution is 2.30. The van der Waals surface area contributed by atoms with Gasteiger partial charge in [-0.25, -0.2) is 4.98 Å². The van der Waals surface area contributed by atoms with Crippen LogP contribution in [0.1, 0.15) is 38.8 Å². The van der Waals surface area contributed by atoms with Crippen LogP contribution in [0.2, 0.25) is 0 Å². The summed E-state index contributed by atoms with van der Waals surface area (Å²) < 4.78 is 0. The van der Waals surface area contributed by atoms with Gasteiger partial charge >= 0.3 is 0 Å². The minimum absolute atomic E-state index is 0.0980. The molecule has 0 saturated carbocycles.